The van der Waals surface area contributed by atoms with Gasteiger partial charge < -0.3 is 15.7 Å². The first-order valence-electron chi connectivity index (χ1n) is 12.4. The van der Waals surface area contributed by atoms with E-state index in [1.165, 1.54) is 5.56 Å². The van der Waals surface area contributed by atoms with Crippen LogP contribution in [0.4, 0.5) is 21.9 Å². The molecule has 0 spiro atoms. The van der Waals surface area contributed by atoms with Gasteiger partial charge in [0.15, 0.2) is 0 Å². The summed E-state index contributed by atoms with van der Waals surface area (Å²) < 4.78 is 0. The van der Waals surface area contributed by atoms with Crippen molar-refractivity contribution < 1.29 is 14.7 Å². The third-order valence-electron chi connectivity index (χ3n) is 7.24. The van der Waals surface area contributed by atoms with Crippen molar-refractivity contribution in [1.29, 1.82) is 0 Å². The Morgan fingerprint density at radius 1 is 0.914 bits per heavy atom. The van der Waals surface area contributed by atoms with Crippen LogP contribution in [0.5, 0.6) is 0 Å². The van der Waals surface area contributed by atoms with Crippen LogP contribution in [-0.4, -0.2) is 30.2 Å². The average Bonchev–Trinajstić information content (AvgIpc) is 2.89. The highest BCUT2D eigenvalue weighted by atomic mass is 16.4. The molecule has 6 nitrogen and oxygen atoms in total. The number of hydrogen-bond donors (Lipinski definition) is 3. The highest BCUT2D eigenvalue weighted by Gasteiger charge is 2.25. The average molecular weight is 470 g/mol. The molecule has 180 valence electrons. The van der Waals surface area contributed by atoms with E-state index in [0.717, 1.165) is 53.9 Å². The lowest BCUT2D eigenvalue weighted by atomic mass is 9.77. The maximum absolute atomic E-state index is 13.0. The van der Waals surface area contributed by atoms with Crippen LogP contribution < -0.4 is 15.5 Å². The van der Waals surface area contributed by atoms with Crippen LogP contribution in [0.2, 0.25) is 0 Å². The molecule has 2 aliphatic rings. The first-order valence-corrected chi connectivity index (χ1v) is 12.4. The van der Waals surface area contributed by atoms with Crippen molar-refractivity contribution in [3.8, 4) is 11.1 Å². The standard InChI is InChI=1S/C29H31N3O3/c33-28(34)18-20-6-8-21(9-7-20)22-10-12-23(13-11-22)24-14-15-26-27(19-24)32(17-16-30-26)29(35)31-25-4-2-1-3-5-25/h1-5,10-15,19-21,30H,6-9,16-18H2,(H,31,35)(H,33,34). The third-order valence-corrected chi connectivity index (χ3v) is 7.24. The van der Waals surface area contributed by atoms with Gasteiger partial charge in [0.05, 0.1) is 11.4 Å². The SMILES string of the molecule is O=C(O)CC1CCC(c2ccc(-c3ccc4c(c3)N(C(=O)Nc3ccccc3)CCN4)cc2)CC1. The summed E-state index contributed by atoms with van der Waals surface area (Å²) in [5.74, 6) is 0.127. The van der Waals surface area contributed by atoms with Crippen molar-refractivity contribution in [3.63, 3.8) is 0 Å². The molecule has 35 heavy (non-hydrogen) atoms. The number of urea groups is 1. The summed E-state index contributed by atoms with van der Waals surface area (Å²) in [5, 5.41) is 15.4. The minimum atomic E-state index is -0.686. The van der Waals surface area contributed by atoms with Gasteiger partial charge in [-0.1, -0.05) is 48.5 Å². The van der Waals surface area contributed by atoms with Gasteiger partial charge in [-0.25, -0.2) is 4.79 Å². The maximum Gasteiger partial charge on any atom is 0.326 e. The summed E-state index contributed by atoms with van der Waals surface area (Å²) in [6.45, 7) is 1.30. The normalized spacial score (nSPS) is 19.4. The minimum Gasteiger partial charge on any atom is -0.481 e. The summed E-state index contributed by atoms with van der Waals surface area (Å²) >= 11 is 0. The topological polar surface area (TPSA) is 81.7 Å². The number of rotatable bonds is 5. The molecule has 3 aromatic rings. The van der Waals surface area contributed by atoms with Crippen LogP contribution in [0.15, 0.2) is 72.8 Å². The van der Waals surface area contributed by atoms with Crippen molar-refractivity contribution >= 4 is 29.1 Å². The van der Waals surface area contributed by atoms with Gasteiger partial charge in [-0.3, -0.25) is 9.69 Å². The van der Waals surface area contributed by atoms with Crippen LogP contribution in [0.1, 0.15) is 43.6 Å². The van der Waals surface area contributed by atoms with Crippen LogP contribution in [-0.2, 0) is 4.79 Å². The molecule has 1 fully saturated rings. The molecule has 0 unspecified atom stereocenters. The molecule has 0 saturated heterocycles. The zero-order valence-corrected chi connectivity index (χ0v) is 19.7. The molecule has 3 aromatic carbocycles. The molecule has 3 N–H and O–H groups in total. The molecule has 1 saturated carbocycles. The smallest absolute Gasteiger partial charge is 0.326 e. The fraction of sp³-hybridized carbons (Fsp3) is 0.310. The Morgan fingerprint density at radius 3 is 2.34 bits per heavy atom. The second-order valence-electron chi connectivity index (χ2n) is 9.54. The number of fused-ring (bicyclic) bond motifs is 1. The lowest BCUT2D eigenvalue weighted by Gasteiger charge is -2.31. The predicted molar refractivity (Wildman–Crippen MR) is 140 cm³/mol. The number of carbonyl (C=O) groups is 2. The van der Waals surface area contributed by atoms with Crippen molar-refractivity contribution in [2.45, 2.75) is 38.0 Å². The van der Waals surface area contributed by atoms with E-state index in [2.05, 4.69) is 47.0 Å². The monoisotopic (exact) mass is 469 g/mol. The Morgan fingerprint density at radius 2 is 1.63 bits per heavy atom. The van der Waals surface area contributed by atoms with E-state index >= 15 is 0 Å². The van der Waals surface area contributed by atoms with Crippen molar-refractivity contribution in [2.75, 3.05) is 28.6 Å². The number of para-hydroxylation sites is 1. The molecule has 1 heterocycles. The predicted octanol–water partition coefficient (Wildman–Crippen LogP) is 6.57. The van der Waals surface area contributed by atoms with Crippen molar-refractivity contribution in [2.24, 2.45) is 5.92 Å². The number of nitrogens with one attached hydrogen (secondary N) is 2. The van der Waals surface area contributed by atoms with Gasteiger partial charge in [0.1, 0.15) is 0 Å². The minimum absolute atomic E-state index is 0.134. The molecule has 0 radical (unpaired) electrons. The van der Waals surface area contributed by atoms with Crippen LogP contribution >= 0.6 is 0 Å². The molecular weight excluding hydrogens is 438 g/mol. The Kier molecular flexibility index (Phi) is 6.70. The maximum atomic E-state index is 13.0. The summed E-state index contributed by atoms with van der Waals surface area (Å²) in [4.78, 5) is 25.8. The zero-order chi connectivity index (χ0) is 24.2. The highest BCUT2D eigenvalue weighted by molar-refractivity contribution is 6.05. The van der Waals surface area contributed by atoms with E-state index in [4.69, 9.17) is 5.11 Å². The first kappa shape index (κ1) is 23.0. The van der Waals surface area contributed by atoms with Crippen LogP contribution in [0.25, 0.3) is 11.1 Å². The van der Waals surface area contributed by atoms with Gasteiger partial charge in [0.25, 0.3) is 0 Å². The van der Waals surface area contributed by atoms with Crippen molar-refractivity contribution in [1.82, 2.24) is 0 Å². The van der Waals surface area contributed by atoms with E-state index < -0.39 is 5.97 Å². The number of nitrogens with zero attached hydrogens (tertiary/aromatic N) is 1. The molecule has 0 atom stereocenters. The number of anilines is 3. The Labute approximate surface area is 206 Å². The quantitative estimate of drug-likeness (QED) is 0.395. The zero-order valence-electron chi connectivity index (χ0n) is 19.7. The number of hydrogen-bond acceptors (Lipinski definition) is 3. The molecular formula is C29H31N3O3. The Hall–Kier alpha value is -3.80. The number of carboxylic acid groups (broad SMARTS) is 1. The number of amides is 2. The van der Waals surface area contributed by atoms with E-state index in [0.29, 0.717) is 31.3 Å². The van der Waals surface area contributed by atoms with Gasteiger partial charge in [-0.05, 0) is 78.5 Å². The van der Waals surface area contributed by atoms with Gasteiger partial charge in [-0.2, -0.15) is 0 Å². The largest absolute Gasteiger partial charge is 0.481 e. The molecule has 1 aliphatic heterocycles. The molecule has 2 amide bonds. The Bertz CT molecular complexity index is 1190. The molecule has 0 aromatic heterocycles. The lowest BCUT2D eigenvalue weighted by molar-refractivity contribution is -0.138. The second kappa shape index (κ2) is 10.2. The Balaban J connectivity index is 1.30. The van der Waals surface area contributed by atoms with Gasteiger partial charge >= 0.3 is 12.0 Å². The van der Waals surface area contributed by atoms with Crippen LogP contribution in [0.3, 0.4) is 0 Å². The van der Waals surface area contributed by atoms with Crippen molar-refractivity contribution in [3.05, 3.63) is 78.4 Å². The summed E-state index contributed by atoms with van der Waals surface area (Å²) in [6.07, 6.45) is 4.36. The number of aliphatic carboxylic acids is 1. The molecule has 0 bridgehead atoms. The summed E-state index contributed by atoms with van der Waals surface area (Å²) in [5.41, 5.74) is 6.13. The van der Waals surface area contributed by atoms with E-state index in [9.17, 15) is 9.59 Å². The van der Waals surface area contributed by atoms with Gasteiger partial charge in [-0.15, -0.1) is 0 Å². The third kappa shape index (κ3) is 5.32. The number of benzene rings is 3. The number of carbonyl (C=O) groups excluding carboxylic acids is 1. The molecule has 1 aliphatic carbocycles. The highest BCUT2D eigenvalue weighted by Crippen LogP contribution is 2.38. The fourth-order valence-corrected chi connectivity index (χ4v) is 5.32. The second-order valence-corrected chi connectivity index (χ2v) is 9.54. The summed E-state index contributed by atoms with van der Waals surface area (Å²) in [7, 11) is 0. The lowest BCUT2D eigenvalue weighted by Crippen LogP contribution is -2.41. The van der Waals surface area contributed by atoms with Crippen LogP contribution in [0, 0.1) is 5.92 Å². The van der Waals surface area contributed by atoms with Gasteiger partial charge in [0, 0.05) is 25.2 Å². The summed E-state index contributed by atoms with van der Waals surface area (Å²) in [6, 6.07) is 24.3. The van der Waals surface area contributed by atoms with E-state index in [1.54, 1.807) is 4.90 Å². The van der Waals surface area contributed by atoms with E-state index in [-0.39, 0.29) is 6.03 Å². The van der Waals surface area contributed by atoms with E-state index in [1.807, 2.05) is 36.4 Å². The molecule has 6 heteroatoms. The first-order chi connectivity index (χ1) is 17.1. The fourth-order valence-electron chi connectivity index (χ4n) is 5.32. The van der Waals surface area contributed by atoms with Gasteiger partial charge in [0.2, 0.25) is 0 Å². The molecule has 5 rings (SSSR count). The number of carboxylic acids is 1.